The Balaban J connectivity index is 1.85. The van der Waals surface area contributed by atoms with E-state index in [0.29, 0.717) is 45.1 Å². The molecule has 1 aromatic carbocycles. The van der Waals surface area contributed by atoms with Crippen molar-refractivity contribution in [2.24, 2.45) is 15.3 Å². The van der Waals surface area contributed by atoms with E-state index in [4.69, 9.17) is 9.73 Å². The summed E-state index contributed by atoms with van der Waals surface area (Å²) in [5, 5.41) is 1.85. The Kier molecular flexibility index (Phi) is 7.53. The second kappa shape index (κ2) is 10.3. The van der Waals surface area contributed by atoms with E-state index >= 15 is 0 Å². The SMILES string of the molecule is CCOC(=O)C1=C2CC(C=NS(=O)(=O)C(C)C)CN2C(c2nccs2)=N[C@H]1c1ccc(F)cc1Br. The van der Waals surface area contributed by atoms with Gasteiger partial charge in [-0.3, -0.25) is 4.99 Å². The molecule has 4 rings (SSSR count). The van der Waals surface area contributed by atoms with Crippen molar-refractivity contribution in [1.29, 1.82) is 0 Å². The van der Waals surface area contributed by atoms with E-state index in [0.717, 1.165) is 0 Å². The Bertz CT molecular complexity index is 1320. The van der Waals surface area contributed by atoms with Crippen molar-refractivity contribution in [2.45, 2.75) is 38.5 Å². The molecule has 0 N–H and O–H groups in total. The van der Waals surface area contributed by atoms with E-state index in [1.54, 1.807) is 33.0 Å². The summed E-state index contributed by atoms with van der Waals surface area (Å²) in [4.78, 5) is 24.4. The van der Waals surface area contributed by atoms with Crippen LogP contribution < -0.4 is 0 Å². The van der Waals surface area contributed by atoms with Crippen LogP contribution in [-0.4, -0.2) is 54.7 Å². The summed E-state index contributed by atoms with van der Waals surface area (Å²) >= 11 is 4.81. The van der Waals surface area contributed by atoms with E-state index in [1.807, 2.05) is 10.3 Å². The number of aromatic nitrogens is 1. The van der Waals surface area contributed by atoms with E-state index in [1.165, 1.54) is 29.7 Å². The van der Waals surface area contributed by atoms with Crippen molar-refractivity contribution in [2.75, 3.05) is 13.2 Å². The molecule has 2 atom stereocenters. The summed E-state index contributed by atoms with van der Waals surface area (Å²) < 4.78 is 48.1. The number of benzene rings is 1. The van der Waals surface area contributed by atoms with Crippen LogP contribution in [0.5, 0.6) is 0 Å². The lowest BCUT2D eigenvalue weighted by atomic mass is 9.94. The van der Waals surface area contributed by atoms with Crippen molar-refractivity contribution < 1.29 is 22.3 Å². The fourth-order valence-electron chi connectivity index (χ4n) is 3.94. The van der Waals surface area contributed by atoms with Crippen LogP contribution >= 0.6 is 27.3 Å². The highest BCUT2D eigenvalue weighted by atomic mass is 79.9. The van der Waals surface area contributed by atoms with Crippen LogP contribution in [0.25, 0.3) is 0 Å². The molecular weight excluding hydrogens is 559 g/mol. The first-order valence-electron chi connectivity index (χ1n) is 11.0. The number of nitrogens with zero attached hydrogens (tertiary/aromatic N) is 4. The average molecular weight is 584 g/mol. The third-order valence-corrected chi connectivity index (χ3v) is 8.74. The normalized spacial score (nSPS) is 20.5. The largest absolute Gasteiger partial charge is 0.463 e. The number of hydrogen-bond donors (Lipinski definition) is 0. The van der Waals surface area contributed by atoms with Gasteiger partial charge in [-0.2, -0.15) is 4.40 Å². The van der Waals surface area contributed by atoms with Gasteiger partial charge in [-0.15, -0.1) is 11.3 Å². The topological polar surface area (TPSA) is 101 Å². The lowest BCUT2D eigenvalue weighted by Crippen LogP contribution is -2.35. The number of thiazole rings is 1. The summed E-state index contributed by atoms with van der Waals surface area (Å²) in [5.41, 5.74) is 1.61. The van der Waals surface area contributed by atoms with Gasteiger partial charge in [0, 0.05) is 40.4 Å². The zero-order chi connectivity index (χ0) is 25.3. The quantitative estimate of drug-likeness (QED) is 0.352. The van der Waals surface area contributed by atoms with Crippen LogP contribution in [0.3, 0.4) is 0 Å². The molecule has 1 saturated heterocycles. The molecule has 2 aliphatic rings. The average Bonchev–Trinajstić information content (AvgIpc) is 3.47. The zero-order valence-electron chi connectivity index (χ0n) is 19.3. The van der Waals surface area contributed by atoms with E-state index < -0.39 is 33.1 Å². The highest BCUT2D eigenvalue weighted by Crippen LogP contribution is 2.43. The molecule has 0 amide bonds. The van der Waals surface area contributed by atoms with Gasteiger partial charge in [-0.05, 0) is 44.9 Å². The van der Waals surface area contributed by atoms with Gasteiger partial charge >= 0.3 is 5.97 Å². The first-order valence-corrected chi connectivity index (χ1v) is 14.2. The molecule has 12 heteroatoms. The van der Waals surface area contributed by atoms with Crippen LogP contribution in [0.2, 0.25) is 0 Å². The van der Waals surface area contributed by atoms with Gasteiger partial charge in [-0.1, -0.05) is 22.0 Å². The van der Waals surface area contributed by atoms with Crippen molar-refractivity contribution in [3.8, 4) is 0 Å². The maximum absolute atomic E-state index is 13.8. The minimum absolute atomic E-state index is 0.174. The van der Waals surface area contributed by atoms with Crippen LogP contribution in [-0.2, 0) is 19.6 Å². The number of hydrogen-bond acceptors (Lipinski definition) is 8. The van der Waals surface area contributed by atoms with Gasteiger partial charge in [-0.25, -0.2) is 22.6 Å². The molecule has 1 aromatic heterocycles. The van der Waals surface area contributed by atoms with Gasteiger partial charge in [0.05, 0.1) is 17.4 Å². The molecule has 35 heavy (non-hydrogen) atoms. The third-order valence-electron chi connectivity index (χ3n) is 5.68. The van der Waals surface area contributed by atoms with Crippen molar-refractivity contribution >= 4 is 55.3 Å². The molecule has 0 saturated carbocycles. The number of aliphatic imine (C=N–C) groups is 1. The molecule has 2 aliphatic heterocycles. The summed E-state index contributed by atoms with van der Waals surface area (Å²) in [7, 11) is -3.62. The highest BCUT2D eigenvalue weighted by molar-refractivity contribution is 9.10. The molecule has 186 valence electrons. The Labute approximate surface area is 215 Å². The molecule has 0 aliphatic carbocycles. The van der Waals surface area contributed by atoms with Gasteiger partial charge in [0.2, 0.25) is 0 Å². The second-order valence-electron chi connectivity index (χ2n) is 8.33. The Morgan fingerprint density at radius 1 is 1.43 bits per heavy atom. The Morgan fingerprint density at radius 2 is 2.20 bits per heavy atom. The molecule has 8 nitrogen and oxygen atoms in total. The molecular formula is C23H24BrFN4O4S2. The first kappa shape index (κ1) is 25.6. The number of carbonyl (C=O) groups is 1. The number of amidine groups is 1. The zero-order valence-corrected chi connectivity index (χ0v) is 22.5. The van der Waals surface area contributed by atoms with Crippen LogP contribution in [0.1, 0.15) is 43.8 Å². The molecule has 2 aromatic rings. The van der Waals surface area contributed by atoms with Crippen molar-refractivity contribution in [3.05, 3.63) is 61.9 Å². The van der Waals surface area contributed by atoms with E-state index in [9.17, 15) is 17.6 Å². The summed E-state index contributed by atoms with van der Waals surface area (Å²) in [6.07, 6.45) is 3.47. The first-order chi connectivity index (χ1) is 16.6. The number of carbonyl (C=O) groups excluding carboxylic acids is 1. The van der Waals surface area contributed by atoms with Gasteiger partial charge in [0.1, 0.15) is 11.9 Å². The lowest BCUT2D eigenvalue weighted by molar-refractivity contribution is -0.139. The standard InChI is InChI=1S/C23H24BrFN4O4S2/c1-4-33-23(30)19-18-9-14(11-27-35(31,32)13(2)3)12-29(18)21(22-26-7-8-34-22)28-20(19)16-6-5-15(25)10-17(16)24/h5-8,10-11,13-14,20H,4,9,12H2,1-3H3/t14?,20-/m0/s1. The maximum Gasteiger partial charge on any atom is 0.338 e. The molecule has 1 unspecified atom stereocenters. The minimum atomic E-state index is -3.62. The number of allylic oxidation sites excluding steroid dienone is 1. The number of esters is 1. The number of fused-ring (bicyclic) bond motifs is 1. The summed E-state index contributed by atoms with van der Waals surface area (Å²) in [5.74, 6) is -0.658. The molecule has 3 heterocycles. The van der Waals surface area contributed by atoms with E-state index in [2.05, 4.69) is 25.3 Å². The van der Waals surface area contributed by atoms with Crippen LogP contribution in [0.4, 0.5) is 4.39 Å². The number of ether oxygens (including phenoxy) is 1. The fourth-order valence-corrected chi connectivity index (χ4v) is 5.73. The van der Waals surface area contributed by atoms with Gasteiger partial charge < -0.3 is 9.64 Å². The monoisotopic (exact) mass is 582 g/mol. The van der Waals surface area contributed by atoms with Crippen molar-refractivity contribution in [3.63, 3.8) is 0 Å². The minimum Gasteiger partial charge on any atom is -0.463 e. The smallest absolute Gasteiger partial charge is 0.338 e. The molecule has 0 bridgehead atoms. The number of halogens is 2. The summed E-state index contributed by atoms with van der Waals surface area (Å²) in [6.45, 7) is 5.42. The van der Waals surface area contributed by atoms with Gasteiger partial charge in [0.15, 0.2) is 10.8 Å². The third kappa shape index (κ3) is 5.24. The highest BCUT2D eigenvalue weighted by Gasteiger charge is 2.42. The van der Waals surface area contributed by atoms with E-state index in [-0.39, 0.29) is 12.5 Å². The predicted octanol–water partition coefficient (Wildman–Crippen LogP) is 4.49. The van der Waals surface area contributed by atoms with Gasteiger partial charge in [0.25, 0.3) is 10.0 Å². The summed E-state index contributed by atoms with van der Waals surface area (Å²) in [6, 6.07) is 3.48. The predicted molar refractivity (Wildman–Crippen MR) is 137 cm³/mol. The molecule has 1 fully saturated rings. The number of rotatable bonds is 7. The van der Waals surface area contributed by atoms with Crippen molar-refractivity contribution in [1.82, 2.24) is 9.88 Å². The fraction of sp³-hybridized carbons (Fsp3) is 0.391. The number of sulfonamides is 1. The van der Waals surface area contributed by atoms with Crippen LogP contribution in [0.15, 0.2) is 54.9 Å². The Hall–Kier alpha value is -2.44. The van der Waals surface area contributed by atoms with Crippen LogP contribution in [0, 0.1) is 11.7 Å². The molecule has 0 spiro atoms. The maximum atomic E-state index is 13.8. The molecule has 0 radical (unpaired) electrons. The Morgan fingerprint density at radius 3 is 2.83 bits per heavy atom. The second-order valence-corrected chi connectivity index (χ2v) is 12.3. The lowest BCUT2D eigenvalue weighted by Gasteiger charge is -2.31.